The zero-order valence-corrected chi connectivity index (χ0v) is 11.0. The minimum atomic E-state index is -0.972. The zero-order valence-electron chi connectivity index (χ0n) is 11.0. The summed E-state index contributed by atoms with van der Waals surface area (Å²) in [7, 11) is 0. The van der Waals surface area contributed by atoms with Crippen molar-refractivity contribution in [1.82, 2.24) is 4.90 Å². The van der Waals surface area contributed by atoms with Crippen LogP contribution in [0.25, 0.3) is 0 Å². The molecule has 1 atom stereocenters. The van der Waals surface area contributed by atoms with Crippen LogP contribution in [0.5, 0.6) is 0 Å². The van der Waals surface area contributed by atoms with E-state index in [0.717, 1.165) is 6.42 Å². The molecular formula is C12H24N2O3. The first-order chi connectivity index (χ1) is 7.90. The van der Waals surface area contributed by atoms with Gasteiger partial charge in [0.2, 0.25) is 5.91 Å². The molecule has 0 aliphatic rings. The fraction of sp³-hybridized carbons (Fsp3) is 0.833. The fourth-order valence-electron chi connectivity index (χ4n) is 1.63. The molecule has 0 aromatic heterocycles. The van der Waals surface area contributed by atoms with Crippen LogP contribution in [0.15, 0.2) is 0 Å². The summed E-state index contributed by atoms with van der Waals surface area (Å²) >= 11 is 0. The fourth-order valence-corrected chi connectivity index (χ4v) is 1.63. The van der Waals surface area contributed by atoms with Crippen LogP contribution in [0.2, 0.25) is 0 Å². The van der Waals surface area contributed by atoms with E-state index in [4.69, 9.17) is 10.8 Å². The second-order valence-corrected chi connectivity index (χ2v) is 4.78. The van der Waals surface area contributed by atoms with E-state index in [1.807, 2.05) is 20.8 Å². The predicted octanol–water partition coefficient (Wildman–Crippen LogP) is 0.931. The normalized spacial score (nSPS) is 12.5. The average molecular weight is 244 g/mol. The largest absolute Gasteiger partial charge is 0.480 e. The summed E-state index contributed by atoms with van der Waals surface area (Å²) in [4.78, 5) is 24.1. The Morgan fingerprint density at radius 1 is 1.35 bits per heavy atom. The van der Waals surface area contributed by atoms with E-state index in [1.165, 1.54) is 4.90 Å². The van der Waals surface area contributed by atoms with Gasteiger partial charge in [-0.25, -0.2) is 0 Å². The van der Waals surface area contributed by atoms with Crippen molar-refractivity contribution in [3.8, 4) is 0 Å². The van der Waals surface area contributed by atoms with E-state index in [-0.39, 0.29) is 24.3 Å². The van der Waals surface area contributed by atoms with Crippen molar-refractivity contribution >= 4 is 11.9 Å². The van der Waals surface area contributed by atoms with E-state index in [2.05, 4.69) is 0 Å². The van der Waals surface area contributed by atoms with Crippen LogP contribution in [-0.2, 0) is 9.59 Å². The summed E-state index contributed by atoms with van der Waals surface area (Å²) in [5.41, 5.74) is 5.55. The van der Waals surface area contributed by atoms with Crippen LogP contribution >= 0.6 is 0 Å². The van der Waals surface area contributed by atoms with E-state index >= 15 is 0 Å². The maximum Gasteiger partial charge on any atom is 0.323 e. The first-order valence-corrected chi connectivity index (χ1v) is 6.10. The Bertz CT molecular complexity index is 250. The molecule has 0 aliphatic heterocycles. The molecule has 0 heterocycles. The van der Waals surface area contributed by atoms with Crippen LogP contribution in [0.3, 0.4) is 0 Å². The number of carboxylic acids is 1. The van der Waals surface area contributed by atoms with Crippen molar-refractivity contribution < 1.29 is 14.7 Å². The molecule has 0 saturated carbocycles. The number of carbonyl (C=O) groups is 2. The maximum atomic E-state index is 11.9. The van der Waals surface area contributed by atoms with Gasteiger partial charge < -0.3 is 15.7 Å². The van der Waals surface area contributed by atoms with Crippen LogP contribution in [0.4, 0.5) is 0 Å². The lowest BCUT2D eigenvalue weighted by Gasteiger charge is -2.24. The lowest BCUT2D eigenvalue weighted by atomic mass is 10.0. The second kappa shape index (κ2) is 8.06. The number of nitrogens with zero attached hydrogens (tertiary/aromatic N) is 1. The molecule has 3 N–H and O–H groups in total. The van der Waals surface area contributed by atoms with Crippen molar-refractivity contribution in [2.45, 2.75) is 33.6 Å². The molecule has 0 saturated heterocycles. The van der Waals surface area contributed by atoms with Gasteiger partial charge in [0.25, 0.3) is 0 Å². The van der Waals surface area contributed by atoms with Gasteiger partial charge in [-0.15, -0.1) is 0 Å². The third-order valence-corrected chi connectivity index (χ3v) is 2.64. The van der Waals surface area contributed by atoms with Crippen molar-refractivity contribution in [2.24, 2.45) is 17.6 Å². The average Bonchev–Trinajstić information content (AvgIpc) is 2.23. The maximum absolute atomic E-state index is 11.9. The van der Waals surface area contributed by atoms with Crippen LogP contribution in [0, 0.1) is 11.8 Å². The highest BCUT2D eigenvalue weighted by Gasteiger charge is 2.20. The molecular weight excluding hydrogens is 220 g/mol. The quantitative estimate of drug-likeness (QED) is 0.665. The van der Waals surface area contributed by atoms with Gasteiger partial charge >= 0.3 is 5.97 Å². The predicted molar refractivity (Wildman–Crippen MR) is 66.5 cm³/mol. The van der Waals surface area contributed by atoms with E-state index in [9.17, 15) is 9.59 Å². The summed E-state index contributed by atoms with van der Waals surface area (Å²) < 4.78 is 0. The van der Waals surface area contributed by atoms with Gasteiger partial charge in [0.1, 0.15) is 6.54 Å². The minimum absolute atomic E-state index is 0.113. The molecule has 0 radical (unpaired) electrons. The molecule has 0 spiro atoms. The molecule has 0 aromatic carbocycles. The van der Waals surface area contributed by atoms with E-state index < -0.39 is 5.97 Å². The SMILES string of the molecule is CCC(CN)CC(=O)N(CC(=O)O)CC(C)C. The lowest BCUT2D eigenvalue weighted by Crippen LogP contribution is -2.39. The standard InChI is InChI=1S/C12H24N2O3/c1-4-10(6-13)5-11(15)14(7-9(2)3)8-12(16)17/h9-10H,4-8,13H2,1-3H3,(H,16,17). The molecule has 5 nitrogen and oxygen atoms in total. The molecule has 0 rings (SSSR count). The highest BCUT2D eigenvalue weighted by Crippen LogP contribution is 2.10. The number of hydrogen-bond acceptors (Lipinski definition) is 3. The topological polar surface area (TPSA) is 83.6 Å². The first-order valence-electron chi connectivity index (χ1n) is 6.10. The summed E-state index contributed by atoms with van der Waals surface area (Å²) in [6.45, 7) is 6.62. The Morgan fingerprint density at radius 2 is 1.94 bits per heavy atom. The van der Waals surface area contributed by atoms with Crippen LogP contribution in [-0.4, -0.2) is 41.5 Å². The number of rotatable bonds is 8. The molecule has 17 heavy (non-hydrogen) atoms. The Morgan fingerprint density at radius 3 is 2.29 bits per heavy atom. The van der Waals surface area contributed by atoms with Crippen LogP contribution in [0.1, 0.15) is 33.6 Å². The number of carboxylic acid groups (broad SMARTS) is 1. The van der Waals surface area contributed by atoms with Gasteiger partial charge in [0.05, 0.1) is 0 Å². The zero-order chi connectivity index (χ0) is 13.4. The monoisotopic (exact) mass is 244 g/mol. The molecule has 0 aliphatic carbocycles. The van der Waals surface area contributed by atoms with Crippen molar-refractivity contribution in [1.29, 1.82) is 0 Å². The highest BCUT2D eigenvalue weighted by molar-refractivity contribution is 5.81. The third-order valence-electron chi connectivity index (χ3n) is 2.64. The molecule has 1 unspecified atom stereocenters. The second-order valence-electron chi connectivity index (χ2n) is 4.78. The smallest absolute Gasteiger partial charge is 0.323 e. The van der Waals surface area contributed by atoms with Gasteiger partial charge in [-0.05, 0) is 18.4 Å². The van der Waals surface area contributed by atoms with Gasteiger partial charge in [0, 0.05) is 13.0 Å². The summed E-state index contributed by atoms with van der Waals surface area (Å²) in [6, 6.07) is 0. The molecule has 1 amide bonds. The molecule has 0 bridgehead atoms. The van der Waals surface area contributed by atoms with Gasteiger partial charge in [-0.1, -0.05) is 27.2 Å². The number of hydrogen-bond donors (Lipinski definition) is 2. The number of amides is 1. The number of aliphatic carboxylic acids is 1. The Balaban J connectivity index is 4.45. The Kier molecular flexibility index (Phi) is 7.54. The van der Waals surface area contributed by atoms with E-state index in [0.29, 0.717) is 19.5 Å². The molecule has 100 valence electrons. The molecule has 0 aromatic rings. The van der Waals surface area contributed by atoms with Crippen molar-refractivity contribution in [3.63, 3.8) is 0 Å². The van der Waals surface area contributed by atoms with E-state index in [1.54, 1.807) is 0 Å². The minimum Gasteiger partial charge on any atom is -0.480 e. The summed E-state index contributed by atoms with van der Waals surface area (Å²) in [5.74, 6) is -0.680. The third kappa shape index (κ3) is 6.94. The lowest BCUT2D eigenvalue weighted by molar-refractivity contribution is -0.145. The number of nitrogens with two attached hydrogens (primary N) is 1. The highest BCUT2D eigenvalue weighted by atomic mass is 16.4. The summed E-state index contributed by atoms with van der Waals surface area (Å²) in [6.07, 6.45) is 1.18. The summed E-state index contributed by atoms with van der Waals surface area (Å²) in [5, 5.41) is 8.78. The van der Waals surface area contributed by atoms with Crippen molar-refractivity contribution in [3.05, 3.63) is 0 Å². The molecule has 0 fully saturated rings. The first kappa shape index (κ1) is 15.9. The Labute approximate surface area is 103 Å². The van der Waals surface area contributed by atoms with Crippen LogP contribution < -0.4 is 5.73 Å². The van der Waals surface area contributed by atoms with Gasteiger partial charge in [0.15, 0.2) is 0 Å². The Hall–Kier alpha value is -1.10. The van der Waals surface area contributed by atoms with Gasteiger partial charge in [-0.2, -0.15) is 0 Å². The number of carbonyl (C=O) groups excluding carboxylic acids is 1. The van der Waals surface area contributed by atoms with Crippen molar-refractivity contribution in [2.75, 3.05) is 19.6 Å². The molecule has 5 heteroatoms. The van der Waals surface area contributed by atoms with Gasteiger partial charge in [-0.3, -0.25) is 9.59 Å².